The van der Waals surface area contributed by atoms with Crippen molar-refractivity contribution in [3.63, 3.8) is 0 Å². The monoisotopic (exact) mass is 355 g/mol. The Morgan fingerprint density at radius 3 is 1.58 bits per heavy atom. The summed E-state index contributed by atoms with van der Waals surface area (Å²) in [6.45, 7) is 16.3. The van der Waals surface area contributed by atoms with Crippen LogP contribution in [0.3, 0.4) is 0 Å². The highest BCUT2D eigenvalue weighted by molar-refractivity contribution is 5.46. The molecule has 0 aliphatic carbocycles. The lowest BCUT2D eigenvalue weighted by atomic mass is 9.76. The Morgan fingerprint density at radius 2 is 1.23 bits per heavy atom. The maximum absolute atomic E-state index is 9.85. The van der Waals surface area contributed by atoms with E-state index in [2.05, 4.69) is 91.7 Å². The zero-order valence-electron chi connectivity index (χ0n) is 18.1. The van der Waals surface area contributed by atoms with Crippen LogP contribution in [0.2, 0.25) is 0 Å². The summed E-state index contributed by atoms with van der Waals surface area (Å²) in [5.74, 6) is 0.375. The Morgan fingerprint density at radius 1 is 0.808 bits per heavy atom. The molecule has 0 aromatic heterocycles. The van der Waals surface area contributed by atoms with Gasteiger partial charge in [0, 0.05) is 6.54 Å². The summed E-state index contributed by atoms with van der Waals surface area (Å²) in [4.78, 5) is 2.16. The van der Waals surface area contributed by atoms with Crippen molar-refractivity contribution in [3.8, 4) is 5.75 Å². The number of phenolic OH excluding ortho intramolecular Hbond substituents is 1. The smallest absolute Gasteiger partial charge is 0.116 e. The van der Waals surface area contributed by atoms with Gasteiger partial charge in [0.25, 0.3) is 0 Å². The normalized spacial score (nSPS) is 11.9. The van der Waals surface area contributed by atoms with Crippen LogP contribution in [0.15, 0.2) is 42.5 Å². The molecule has 0 atom stereocenters. The van der Waals surface area contributed by atoms with Crippen LogP contribution in [0.5, 0.6) is 5.75 Å². The van der Waals surface area contributed by atoms with Crippen molar-refractivity contribution >= 4 is 0 Å². The average molecular weight is 356 g/mol. The molecule has 0 radical (unpaired) electrons. The number of hydrogen-bond donors (Lipinski definition) is 1. The summed E-state index contributed by atoms with van der Waals surface area (Å²) in [5, 5.41) is 9.85. The Hall–Kier alpha value is -1.80. The first-order chi connectivity index (χ1) is 11.8. The molecule has 0 fully saturated rings. The van der Waals surface area contributed by atoms with E-state index in [1.54, 1.807) is 0 Å². The third-order valence-electron chi connectivity index (χ3n) is 4.35. The van der Waals surface area contributed by atoms with Gasteiger partial charge in [-0.2, -0.15) is 0 Å². The molecular formula is C24H37NO. The molecular weight excluding hydrogens is 318 g/mol. The fraction of sp³-hybridized carbons (Fsp3) is 0.500. The Labute approximate surface area is 160 Å². The van der Waals surface area contributed by atoms with Crippen molar-refractivity contribution in [1.29, 1.82) is 0 Å². The van der Waals surface area contributed by atoms with Crippen LogP contribution in [-0.2, 0) is 17.4 Å². The van der Waals surface area contributed by atoms with Gasteiger partial charge in [-0.15, -0.1) is 0 Å². The summed E-state index contributed by atoms with van der Waals surface area (Å²) < 4.78 is 0. The number of hydrogen-bond acceptors (Lipinski definition) is 2. The van der Waals surface area contributed by atoms with Gasteiger partial charge in [-0.3, -0.25) is 0 Å². The highest BCUT2D eigenvalue weighted by atomic mass is 16.3. The summed E-state index contributed by atoms with van der Waals surface area (Å²) in [6, 6.07) is 14.2. The van der Waals surface area contributed by atoms with Crippen molar-refractivity contribution in [2.24, 2.45) is 0 Å². The predicted molar refractivity (Wildman–Crippen MR) is 114 cm³/mol. The first-order valence-electron chi connectivity index (χ1n) is 9.35. The minimum absolute atomic E-state index is 0.0722. The number of rotatable bonds is 2. The summed E-state index contributed by atoms with van der Waals surface area (Å²) in [7, 11) is 4.15. The molecule has 2 aromatic rings. The van der Waals surface area contributed by atoms with E-state index in [0.717, 1.165) is 6.54 Å². The van der Waals surface area contributed by atoms with Crippen LogP contribution in [0.25, 0.3) is 0 Å². The molecule has 0 bridgehead atoms. The minimum atomic E-state index is 0.0722. The van der Waals surface area contributed by atoms with Crippen LogP contribution in [0, 0.1) is 6.92 Å². The number of aromatic hydroxyl groups is 1. The second kappa shape index (κ2) is 8.73. The summed E-state index contributed by atoms with van der Waals surface area (Å²) in [6.07, 6.45) is 0. The Kier molecular flexibility index (Phi) is 7.46. The zero-order valence-corrected chi connectivity index (χ0v) is 18.1. The van der Waals surface area contributed by atoms with E-state index in [1.165, 1.54) is 22.3 Å². The Balaban J connectivity index is 0.000000289. The molecule has 0 aliphatic heterocycles. The summed E-state index contributed by atoms with van der Waals surface area (Å²) >= 11 is 0. The molecule has 2 aromatic carbocycles. The molecule has 0 heterocycles. The molecule has 1 N–H and O–H groups in total. The van der Waals surface area contributed by atoms with Gasteiger partial charge in [-0.25, -0.2) is 0 Å². The maximum atomic E-state index is 9.85. The van der Waals surface area contributed by atoms with Gasteiger partial charge in [-0.05, 0) is 66.2 Å². The van der Waals surface area contributed by atoms with Crippen LogP contribution >= 0.6 is 0 Å². The molecule has 26 heavy (non-hydrogen) atoms. The highest BCUT2D eigenvalue weighted by Crippen LogP contribution is 2.36. The molecule has 0 unspecified atom stereocenters. The van der Waals surface area contributed by atoms with E-state index in [9.17, 15) is 5.11 Å². The topological polar surface area (TPSA) is 23.5 Å². The van der Waals surface area contributed by atoms with Gasteiger partial charge < -0.3 is 10.0 Å². The van der Waals surface area contributed by atoms with Crippen LogP contribution in [0.1, 0.15) is 63.8 Å². The molecule has 2 nitrogen and oxygen atoms in total. The first-order valence-corrected chi connectivity index (χ1v) is 9.35. The molecule has 0 saturated heterocycles. The highest BCUT2D eigenvalue weighted by Gasteiger charge is 2.24. The third-order valence-corrected chi connectivity index (χ3v) is 4.35. The van der Waals surface area contributed by atoms with Crippen molar-refractivity contribution in [2.75, 3.05) is 14.1 Å². The van der Waals surface area contributed by atoms with Gasteiger partial charge in [0.15, 0.2) is 0 Å². The van der Waals surface area contributed by atoms with Crippen LogP contribution < -0.4 is 0 Å². The maximum Gasteiger partial charge on any atom is 0.116 e. The Bertz CT molecular complexity index is 653. The van der Waals surface area contributed by atoms with Gasteiger partial charge >= 0.3 is 0 Å². The van der Waals surface area contributed by atoms with Crippen LogP contribution in [-0.4, -0.2) is 24.1 Å². The van der Waals surface area contributed by atoms with Crippen molar-refractivity contribution in [3.05, 3.63) is 64.7 Å². The largest absolute Gasteiger partial charge is 0.508 e. The quantitative estimate of drug-likeness (QED) is 0.709. The van der Waals surface area contributed by atoms with E-state index in [4.69, 9.17) is 0 Å². The number of nitrogens with zero attached hydrogens (tertiary/aromatic N) is 1. The van der Waals surface area contributed by atoms with E-state index in [1.807, 2.05) is 18.2 Å². The van der Waals surface area contributed by atoms with Crippen molar-refractivity contribution in [2.45, 2.75) is 65.8 Å². The fourth-order valence-corrected chi connectivity index (χ4v) is 3.21. The molecule has 0 saturated carbocycles. The lowest BCUT2D eigenvalue weighted by molar-refractivity contribution is 0.402. The van der Waals surface area contributed by atoms with E-state index in [0.29, 0.717) is 5.75 Å². The SMILES string of the molecule is CN(C)Cc1ccccc1.Cc1c(C(C)(C)C)cc(O)cc1C(C)(C)C. The van der Waals surface area contributed by atoms with Gasteiger partial charge in [0.1, 0.15) is 5.75 Å². The van der Waals surface area contributed by atoms with Gasteiger partial charge in [0.2, 0.25) is 0 Å². The van der Waals surface area contributed by atoms with Crippen LogP contribution in [0.4, 0.5) is 0 Å². The van der Waals surface area contributed by atoms with Crippen molar-refractivity contribution < 1.29 is 5.11 Å². The molecule has 0 spiro atoms. The molecule has 0 aliphatic rings. The fourth-order valence-electron chi connectivity index (χ4n) is 3.21. The lowest BCUT2D eigenvalue weighted by Crippen LogP contribution is -2.19. The second-order valence-electron chi connectivity index (χ2n) is 9.39. The second-order valence-corrected chi connectivity index (χ2v) is 9.39. The molecule has 144 valence electrons. The molecule has 2 rings (SSSR count). The number of benzene rings is 2. The minimum Gasteiger partial charge on any atom is -0.508 e. The lowest BCUT2D eigenvalue weighted by Gasteiger charge is -2.28. The van der Waals surface area contributed by atoms with E-state index < -0.39 is 0 Å². The van der Waals surface area contributed by atoms with Crippen molar-refractivity contribution in [1.82, 2.24) is 4.90 Å². The average Bonchev–Trinajstić information content (AvgIpc) is 2.48. The number of phenols is 1. The van der Waals surface area contributed by atoms with Gasteiger partial charge in [-0.1, -0.05) is 71.9 Å². The standard InChI is InChI=1S/C15H24O.C9H13N/c1-10-12(14(2,3)4)8-11(16)9-13(10)15(5,6)7;1-10(2)8-9-6-4-3-5-7-9/h8-9,16H,1-7H3;3-7H,8H2,1-2H3. The first kappa shape index (κ1) is 22.2. The summed E-state index contributed by atoms with van der Waals surface area (Å²) in [5.41, 5.74) is 5.28. The molecule has 2 heteroatoms. The van der Waals surface area contributed by atoms with E-state index >= 15 is 0 Å². The van der Waals surface area contributed by atoms with Gasteiger partial charge in [0.05, 0.1) is 0 Å². The predicted octanol–water partition coefficient (Wildman–Crippen LogP) is 6.04. The zero-order chi connectivity index (χ0) is 20.1. The van der Waals surface area contributed by atoms with E-state index in [-0.39, 0.29) is 10.8 Å². The molecule has 0 amide bonds. The third kappa shape index (κ3) is 6.84.